The number of aromatic nitrogens is 1. The Balaban J connectivity index is 2.42. The molecule has 0 aliphatic heterocycles. The van der Waals surface area contributed by atoms with Crippen molar-refractivity contribution in [3.63, 3.8) is 0 Å². The van der Waals surface area contributed by atoms with E-state index in [1.165, 1.54) is 18.4 Å². The lowest BCUT2D eigenvalue weighted by Gasteiger charge is -2.22. The quantitative estimate of drug-likeness (QED) is 0.735. The molecule has 1 heterocycles. The van der Waals surface area contributed by atoms with Crippen LogP contribution in [0.2, 0.25) is 15.1 Å². The van der Waals surface area contributed by atoms with Crippen LogP contribution in [0.3, 0.4) is 0 Å². The van der Waals surface area contributed by atoms with Gasteiger partial charge in [0.05, 0.1) is 26.3 Å². The molecule has 0 bridgehead atoms. The van der Waals surface area contributed by atoms with E-state index in [1.807, 2.05) is 0 Å². The van der Waals surface area contributed by atoms with Gasteiger partial charge in [0.2, 0.25) is 0 Å². The van der Waals surface area contributed by atoms with E-state index < -0.39 is 0 Å². The standard InChI is InChI=1S/C15H15Cl3N2/c1-2-19-14-8-5-3-4-6-11(8)20-15-10(17)7-9(16)13(18)12(14)15/h7H,2-6H2,1H3,(H,19,20). The minimum absolute atomic E-state index is 0.473. The second kappa shape index (κ2) is 5.59. The number of rotatable bonds is 2. The van der Waals surface area contributed by atoms with Gasteiger partial charge < -0.3 is 5.32 Å². The number of hydrogen-bond donors (Lipinski definition) is 1. The van der Waals surface area contributed by atoms with Crippen LogP contribution in [0.5, 0.6) is 0 Å². The highest BCUT2D eigenvalue weighted by Gasteiger charge is 2.21. The topological polar surface area (TPSA) is 24.9 Å². The Morgan fingerprint density at radius 3 is 2.65 bits per heavy atom. The molecule has 2 nitrogen and oxygen atoms in total. The van der Waals surface area contributed by atoms with Crippen molar-refractivity contribution in [2.75, 3.05) is 11.9 Å². The van der Waals surface area contributed by atoms with Crippen LogP contribution in [0.25, 0.3) is 10.9 Å². The van der Waals surface area contributed by atoms with Gasteiger partial charge in [-0.25, -0.2) is 0 Å². The fourth-order valence-electron chi connectivity index (χ4n) is 2.86. The number of anilines is 1. The molecule has 20 heavy (non-hydrogen) atoms. The molecule has 1 N–H and O–H groups in total. The van der Waals surface area contributed by atoms with Gasteiger partial charge in [0.15, 0.2) is 0 Å². The number of pyridine rings is 1. The third kappa shape index (κ3) is 2.24. The molecule has 5 heteroatoms. The third-order valence-electron chi connectivity index (χ3n) is 3.74. The summed E-state index contributed by atoms with van der Waals surface area (Å²) in [5, 5.41) is 5.85. The molecule has 2 aromatic rings. The second-order valence-corrected chi connectivity index (χ2v) is 6.22. The van der Waals surface area contributed by atoms with Gasteiger partial charge in [0.25, 0.3) is 0 Å². The van der Waals surface area contributed by atoms with Gasteiger partial charge >= 0.3 is 0 Å². The predicted octanol–water partition coefficient (Wildman–Crippen LogP) is 5.51. The molecule has 0 atom stereocenters. The lowest BCUT2D eigenvalue weighted by Crippen LogP contribution is -2.11. The van der Waals surface area contributed by atoms with Crippen LogP contribution in [-0.4, -0.2) is 11.5 Å². The first-order valence-corrected chi connectivity index (χ1v) is 7.99. The van der Waals surface area contributed by atoms with Gasteiger partial charge in [-0.15, -0.1) is 0 Å². The summed E-state index contributed by atoms with van der Waals surface area (Å²) in [5.41, 5.74) is 4.21. The maximum atomic E-state index is 6.41. The van der Waals surface area contributed by atoms with E-state index in [0.717, 1.165) is 41.7 Å². The van der Waals surface area contributed by atoms with E-state index in [9.17, 15) is 0 Å². The van der Waals surface area contributed by atoms with Gasteiger partial charge in [0.1, 0.15) is 0 Å². The average molecular weight is 330 g/mol. The Labute approximate surface area is 133 Å². The molecule has 106 valence electrons. The number of nitrogens with one attached hydrogen (secondary N) is 1. The molecule has 3 rings (SSSR count). The summed E-state index contributed by atoms with van der Waals surface area (Å²) in [6, 6.07) is 1.67. The van der Waals surface area contributed by atoms with Crippen molar-refractivity contribution in [1.82, 2.24) is 4.98 Å². The normalized spacial score (nSPS) is 14.4. The Morgan fingerprint density at radius 2 is 1.90 bits per heavy atom. The molecule has 0 fully saturated rings. The maximum Gasteiger partial charge on any atom is 0.0928 e. The van der Waals surface area contributed by atoms with Crippen molar-refractivity contribution in [2.45, 2.75) is 32.6 Å². The summed E-state index contributed by atoms with van der Waals surface area (Å²) < 4.78 is 0. The van der Waals surface area contributed by atoms with Crippen LogP contribution in [0.4, 0.5) is 5.69 Å². The Kier molecular flexibility index (Phi) is 3.98. The van der Waals surface area contributed by atoms with Crippen molar-refractivity contribution in [2.24, 2.45) is 0 Å². The minimum atomic E-state index is 0.473. The smallest absolute Gasteiger partial charge is 0.0928 e. The van der Waals surface area contributed by atoms with Crippen LogP contribution in [0, 0.1) is 0 Å². The lowest BCUT2D eigenvalue weighted by molar-refractivity contribution is 0.672. The molecule has 1 aromatic carbocycles. The Hall–Kier alpha value is -0.700. The molecule has 1 aromatic heterocycles. The van der Waals surface area contributed by atoms with Crippen LogP contribution < -0.4 is 5.32 Å². The monoisotopic (exact) mass is 328 g/mol. The van der Waals surface area contributed by atoms with Crippen molar-refractivity contribution in [3.8, 4) is 0 Å². The number of nitrogens with zero attached hydrogens (tertiary/aromatic N) is 1. The van der Waals surface area contributed by atoms with E-state index >= 15 is 0 Å². The molecule has 1 aliphatic carbocycles. The van der Waals surface area contributed by atoms with Gasteiger partial charge in [-0.3, -0.25) is 4.98 Å². The lowest BCUT2D eigenvalue weighted by atomic mass is 9.92. The van der Waals surface area contributed by atoms with Crippen molar-refractivity contribution >= 4 is 51.4 Å². The zero-order valence-electron chi connectivity index (χ0n) is 11.2. The fourth-order valence-corrected chi connectivity index (χ4v) is 3.61. The molecule has 0 saturated carbocycles. The van der Waals surface area contributed by atoms with Gasteiger partial charge in [0, 0.05) is 17.6 Å². The Bertz CT molecular complexity index is 683. The molecule has 0 amide bonds. The first-order valence-electron chi connectivity index (χ1n) is 6.86. The summed E-state index contributed by atoms with van der Waals surface area (Å²) in [6.45, 7) is 2.90. The maximum absolute atomic E-state index is 6.41. The summed E-state index contributed by atoms with van der Waals surface area (Å²) >= 11 is 18.9. The van der Waals surface area contributed by atoms with E-state index in [1.54, 1.807) is 6.07 Å². The summed E-state index contributed by atoms with van der Waals surface area (Å²) in [4.78, 5) is 4.75. The zero-order valence-corrected chi connectivity index (χ0v) is 13.5. The second-order valence-electron chi connectivity index (χ2n) is 5.03. The first-order chi connectivity index (χ1) is 9.63. The van der Waals surface area contributed by atoms with E-state index in [0.29, 0.717) is 15.1 Å². The van der Waals surface area contributed by atoms with E-state index in [-0.39, 0.29) is 0 Å². The third-order valence-corrected chi connectivity index (χ3v) is 4.81. The Morgan fingerprint density at radius 1 is 1.15 bits per heavy atom. The zero-order chi connectivity index (χ0) is 14.3. The fraction of sp³-hybridized carbons (Fsp3) is 0.400. The molecular formula is C15H15Cl3N2. The average Bonchev–Trinajstić information content (AvgIpc) is 2.45. The minimum Gasteiger partial charge on any atom is -0.384 e. The highest BCUT2D eigenvalue weighted by atomic mass is 35.5. The summed E-state index contributed by atoms with van der Waals surface area (Å²) in [6.07, 6.45) is 4.39. The van der Waals surface area contributed by atoms with Crippen molar-refractivity contribution in [1.29, 1.82) is 0 Å². The predicted molar refractivity (Wildman–Crippen MR) is 87.6 cm³/mol. The molecule has 1 aliphatic rings. The van der Waals surface area contributed by atoms with Crippen LogP contribution >= 0.6 is 34.8 Å². The number of benzene rings is 1. The molecule has 0 saturated heterocycles. The molecule has 0 radical (unpaired) electrons. The summed E-state index contributed by atoms with van der Waals surface area (Å²) in [7, 11) is 0. The van der Waals surface area contributed by atoms with Gasteiger partial charge in [-0.2, -0.15) is 0 Å². The largest absolute Gasteiger partial charge is 0.384 e. The highest BCUT2D eigenvalue weighted by molar-refractivity contribution is 6.48. The van der Waals surface area contributed by atoms with Crippen molar-refractivity contribution < 1.29 is 0 Å². The number of fused-ring (bicyclic) bond motifs is 2. The van der Waals surface area contributed by atoms with E-state index in [4.69, 9.17) is 39.8 Å². The number of aryl methyl sites for hydroxylation is 1. The number of hydrogen-bond acceptors (Lipinski definition) is 2. The van der Waals surface area contributed by atoms with Crippen LogP contribution in [0.1, 0.15) is 31.0 Å². The molecular weight excluding hydrogens is 315 g/mol. The van der Waals surface area contributed by atoms with Gasteiger partial charge in [-0.05, 0) is 44.2 Å². The van der Waals surface area contributed by atoms with E-state index in [2.05, 4.69) is 12.2 Å². The van der Waals surface area contributed by atoms with Crippen LogP contribution in [0.15, 0.2) is 6.07 Å². The van der Waals surface area contributed by atoms with Gasteiger partial charge in [-0.1, -0.05) is 34.8 Å². The number of halogens is 3. The molecule has 0 spiro atoms. The van der Waals surface area contributed by atoms with Crippen LogP contribution in [-0.2, 0) is 12.8 Å². The molecule has 0 unspecified atom stereocenters. The SMILES string of the molecule is CCNc1c2c(nc3c(Cl)cc(Cl)c(Cl)c13)CCCC2. The van der Waals surface area contributed by atoms with Crippen molar-refractivity contribution in [3.05, 3.63) is 32.4 Å². The summed E-state index contributed by atoms with van der Waals surface area (Å²) in [5.74, 6) is 0. The highest BCUT2D eigenvalue weighted by Crippen LogP contribution is 2.42. The first kappa shape index (κ1) is 14.2.